The van der Waals surface area contributed by atoms with Crippen molar-refractivity contribution >= 4 is 11.8 Å². The number of carbonyl (C=O) groups excluding carboxylic acids is 2. The zero-order valence-electron chi connectivity index (χ0n) is 12.3. The Balaban J connectivity index is 2.73. The van der Waals surface area contributed by atoms with Crippen molar-refractivity contribution in [1.29, 1.82) is 0 Å². The van der Waals surface area contributed by atoms with Gasteiger partial charge in [0.25, 0.3) is 5.91 Å². The maximum Gasteiger partial charge on any atom is 0.251 e. The Morgan fingerprint density at radius 1 is 1.16 bits per heavy atom. The Kier molecular flexibility index (Phi) is 4.70. The van der Waals surface area contributed by atoms with Crippen molar-refractivity contribution in [3.8, 4) is 0 Å². The number of carbonyl (C=O) groups is 2. The quantitative estimate of drug-likeness (QED) is 0.906. The highest BCUT2D eigenvalue weighted by atomic mass is 16.2. The minimum atomic E-state index is -0.378. The van der Waals surface area contributed by atoms with Crippen molar-refractivity contribution in [3.63, 3.8) is 0 Å². The van der Waals surface area contributed by atoms with E-state index in [-0.39, 0.29) is 17.2 Å². The van der Waals surface area contributed by atoms with Gasteiger partial charge >= 0.3 is 0 Å². The van der Waals surface area contributed by atoms with E-state index in [4.69, 9.17) is 0 Å². The Morgan fingerprint density at radius 3 is 2.11 bits per heavy atom. The van der Waals surface area contributed by atoms with Crippen LogP contribution in [0.25, 0.3) is 0 Å². The Hall–Kier alpha value is -1.84. The van der Waals surface area contributed by atoms with Gasteiger partial charge < -0.3 is 10.2 Å². The number of rotatable bonds is 3. The van der Waals surface area contributed by atoms with E-state index in [2.05, 4.69) is 5.32 Å². The SMILES string of the molecule is CNC(=O)c1ccc(CN(C)C(=O)C(C)(C)C)cc1. The van der Waals surface area contributed by atoms with Crippen LogP contribution in [-0.4, -0.2) is 30.8 Å². The van der Waals surface area contributed by atoms with Crippen LogP contribution in [0.3, 0.4) is 0 Å². The molecular weight excluding hydrogens is 240 g/mol. The second-order valence-electron chi connectivity index (χ2n) is 5.69. The van der Waals surface area contributed by atoms with Gasteiger partial charge in [0.05, 0.1) is 0 Å². The molecule has 0 aliphatic heterocycles. The van der Waals surface area contributed by atoms with E-state index in [0.29, 0.717) is 12.1 Å². The van der Waals surface area contributed by atoms with Gasteiger partial charge in [-0.3, -0.25) is 9.59 Å². The molecule has 0 atom stereocenters. The molecule has 1 N–H and O–H groups in total. The summed E-state index contributed by atoms with van der Waals surface area (Å²) < 4.78 is 0. The van der Waals surface area contributed by atoms with Gasteiger partial charge in [0, 0.05) is 31.6 Å². The van der Waals surface area contributed by atoms with Crippen molar-refractivity contribution < 1.29 is 9.59 Å². The van der Waals surface area contributed by atoms with Crippen molar-refractivity contribution in [3.05, 3.63) is 35.4 Å². The number of hydrogen-bond donors (Lipinski definition) is 1. The summed E-state index contributed by atoms with van der Waals surface area (Å²) in [5, 5.41) is 2.58. The number of hydrogen-bond acceptors (Lipinski definition) is 2. The molecule has 0 aliphatic rings. The van der Waals surface area contributed by atoms with Crippen LogP contribution in [-0.2, 0) is 11.3 Å². The second kappa shape index (κ2) is 5.87. The maximum absolute atomic E-state index is 12.1. The van der Waals surface area contributed by atoms with Gasteiger partial charge in [-0.1, -0.05) is 32.9 Å². The first kappa shape index (κ1) is 15.2. The molecule has 0 heterocycles. The van der Waals surface area contributed by atoms with Crippen LogP contribution < -0.4 is 5.32 Å². The van der Waals surface area contributed by atoms with Crippen LogP contribution in [0, 0.1) is 5.41 Å². The fourth-order valence-corrected chi connectivity index (χ4v) is 1.82. The first-order valence-electron chi connectivity index (χ1n) is 6.32. The molecule has 0 saturated carbocycles. The summed E-state index contributed by atoms with van der Waals surface area (Å²) in [4.78, 5) is 25.2. The smallest absolute Gasteiger partial charge is 0.251 e. The van der Waals surface area contributed by atoms with Gasteiger partial charge in [0.2, 0.25) is 5.91 Å². The molecule has 1 rings (SSSR count). The average Bonchev–Trinajstić information content (AvgIpc) is 2.36. The van der Waals surface area contributed by atoms with Crippen LogP contribution in [0.4, 0.5) is 0 Å². The summed E-state index contributed by atoms with van der Waals surface area (Å²) in [6.45, 7) is 6.26. The standard InChI is InChI=1S/C15H22N2O2/c1-15(2,3)14(19)17(5)10-11-6-8-12(9-7-11)13(18)16-4/h6-9H,10H2,1-5H3,(H,16,18). The molecule has 104 valence electrons. The van der Waals surface area contributed by atoms with Crippen LogP contribution in [0.15, 0.2) is 24.3 Å². The minimum Gasteiger partial charge on any atom is -0.355 e. The predicted octanol–water partition coefficient (Wildman–Crippen LogP) is 2.05. The number of benzene rings is 1. The molecule has 0 aromatic heterocycles. The summed E-state index contributed by atoms with van der Waals surface area (Å²) in [5.41, 5.74) is 1.25. The third-order valence-corrected chi connectivity index (χ3v) is 2.85. The molecule has 2 amide bonds. The molecule has 0 saturated heterocycles. The monoisotopic (exact) mass is 262 g/mol. The van der Waals surface area contributed by atoms with E-state index in [9.17, 15) is 9.59 Å². The molecule has 0 aliphatic carbocycles. The molecule has 4 heteroatoms. The molecule has 4 nitrogen and oxygen atoms in total. The molecule has 1 aromatic carbocycles. The third-order valence-electron chi connectivity index (χ3n) is 2.85. The third kappa shape index (κ3) is 4.09. The molecule has 0 spiro atoms. The summed E-state index contributed by atoms with van der Waals surface area (Å²) >= 11 is 0. The van der Waals surface area contributed by atoms with E-state index in [0.717, 1.165) is 5.56 Å². The normalized spacial score (nSPS) is 11.0. The van der Waals surface area contributed by atoms with E-state index in [1.165, 1.54) is 0 Å². The van der Waals surface area contributed by atoms with Crippen LogP contribution in [0.1, 0.15) is 36.7 Å². The maximum atomic E-state index is 12.1. The lowest BCUT2D eigenvalue weighted by atomic mass is 9.95. The first-order valence-corrected chi connectivity index (χ1v) is 6.32. The second-order valence-corrected chi connectivity index (χ2v) is 5.69. The Morgan fingerprint density at radius 2 is 1.68 bits per heavy atom. The lowest BCUT2D eigenvalue weighted by Gasteiger charge is -2.26. The summed E-state index contributed by atoms with van der Waals surface area (Å²) in [5.74, 6) is -0.00597. The van der Waals surface area contributed by atoms with Crippen molar-refractivity contribution in [2.45, 2.75) is 27.3 Å². The van der Waals surface area contributed by atoms with Crippen molar-refractivity contribution in [2.24, 2.45) is 5.41 Å². The molecular formula is C15H22N2O2. The van der Waals surface area contributed by atoms with E-state index >= 15 is 0 Å². The lowest BCUT2D eigenvalue weighted by Crippen LogP contribution is -2.36. The van der Waals surface area contributed by atoms with E-state index in [1.54, 1.807) is 31.1 Å². The van der Waals surface area contributed by atoms with Gasteiger partial charge in [0.15, 0.2) is 0 Å². The molecule has 0 radical (unpaired) electrons. The zero-order valence-corrected chi connectivity index (χ0v) is 12.3. The Labute approximate surface area is 114 Å². The van der Waals surface area contributed by atoms with Crippen LogP contribution in [0.2, 0.25) is 0 Å². The summed E-state index contributed by atoms with van der Waals surface area (Å²) in [6.07, 6.45) is 0. The molecule has 0 unspecified atom stereocenters. The highest BCUT2D eigenvalue weighted by Gasteiger charge is 2.24. The number of nitrogens with zero attached hydrogens (tertiary/aromatic N) is 1. The topological polar surface area (TPSA) is 49.4 Å². The minimum absolute atomic E-state index is 0.0999. The van der Waals surface area contributed by atoms with Gasteiger partial charge in [-0.25, -0.2) is 0 Å². The molecule has 1 aromatic rings. The summed E-state index contributed by atoms with van der Waals surface area (Å²) in [6, 6.07) is 7.28. The number of nitrogens with one attached hydrogen (secondary N) is 1. The van der Waals surface area contributed by atoms with Crippen molar-refractivity contribution in [1.82, 2.24) is 10.2 Å². The van der Waals surface area contributed by atoms with Crippen molar-refractivity contribution in [2.75, 3.05) is 14.1 Å². The summed E-state index contributed by atoms with van der Waals surface area (Å²) in [7, 11) is 3.40. The molecule has 19 heavy (non-hydrogen) atoms. The van der Waals surface area contributed by atoms with Crippen LogP contribution >= 0.6 is 0 Å². The van der Waals surface area contributed by atoms with Gasteiger partial charge in [-0.2, -0.15) is 0 Å². The van der Waals surface area contributed by atoms with E-state index in [1.807, 2.05) is 32.9 Å². The molecule has 0 bridgehead atoms. The Bertz CT molecular complexity index is 458. The fraction of sp³-hybridized carbons (Fsp3) is 0.467. The fourth-order valence-electron chi connectivity index (χ4n) is 1.82. The number of amides is 2. The van der Waals surface area contributed by atoms with Gasteiger partial charge in [0.1, 0.15) is 0 Å². The molecule has 0 fully saturated rings. The zero-order chi connectivity index (χ0) is 14.6. The predicted molar refractivity (Wildman–Crippen MR) is 75.8 cm³/mol. The highest BCUT2D eigenvalue weighted by Crippen LogP contribution is 2.18. The largest absolute Gasteiger partial charge is 0.355 e. The first-order chi connectivity index (χ1) is 8.75. The van der Waals surface area contributed by atoms with E-state index < -0.39 is 0 Å². The lowest BCUT2D eigenvalue weighted by molar-refractivity contribution is -0.138. The van der Waals surface area contributed by atoms with Gasteiger partial charge in [-0.05, 0) is 17.7 Å². The van der Waals surface area contributed by atoms with Gasteiger partial charge in [-0.15, -0.1) is 0 Å². The highest BCUT2D eigenvalue weighted by molar-refractivity contribution is 5.93. The van der Waals surface area contributed by atoms with Crippen LogP contribution in [0.5, 0.6) is 0 Å². The average molecular weight is 262 g/mol.